The number of aryl methyl sites for hydroxylation is 1. The summed E-state index contributed by atoms with van der Waals surface area (Å²) in [6, 6.07) is 8.58. The number of amides is 1. The SMILES string of the molecule is Cc1ccccc1OCCCC(=O)NC1CCCNC1C.Cl. The van der Waals surface area contributed by atoms with Crippen LogP contribution < -0.4 is 15.4 Å². The summed E-state index contributed by atoms with van der Waals surface area (Å²) in [5.74, 6) is 1.03. The lowest BCUT2D eigenvalue weighted by Gasteiger charge is -2.30. The first-order valence-corrected chi connectivity index (χ1v) is 7.88. The third-order valence-corrected chi connectivity index (χ3v) is 4.01. The quantitative estimate of drug-likeness (QED) is 0.790. The van der Waals surface area contributed by atoms with Gasteiger partial charge in [-0.05, 0) is 51.3 Å². The largest absolute Gasteiger partial charge is 0.493 e. The van der Waals surface area contributed by atoms with Crippen molar-refractivity contribution >= 4 is 18.3 Å². The first kappa shape index (κ1) is 18.8. The van der Waals surface area contributed by atoms with Gasteiger partial charge in [0.15, 0.2) is 0 Å². The van der Waals surface area contributed by atoms with Gasteiger partial charge in [-0.1, -0.05) is 18.2 Å². The molecule has 0 aliphatic carbocycles. The number of rotatable bonds is 6. The van der Waals surface area contributed by atoms with Gasteiger partial charge >= 0.3 is 0 Å². The summed E-state index contributed by atoms with van der Waals surface area (Å²) in [6.45, 7) is 5.79. The van der Waals surface area contributed by atoms with Gasteiger partial charge in [-0.2, -0.15) is 0 Å². The maximum Gasteiger partial charge on any atom is 0.220 e. The van der Waals surface area contributed by atoms with E-state index in [1.54, 1.807) is 0 Å². The first-order valence-electron chi connectivity index (χ1n) is 7.88. The first-order chi connectivity index (χ1) is 10.2. The molecule has 0 aromatic heterocycles. The van der Waals surface area contributed by atoms with Crippen molar-refractivity contribution in [3.05, 3.63) is 29.8 Å². The monoisotopic (exact) mass is 326 g/mol. The highest BCUT2D eigenvalue weighted by Crippen LogP contribution is 2.16. The minimum Gasteiger partial charge on any atom is -0.493 e. The van der Waals surface area contributed by atoms with Crippen LogP contribution in [-0.2, 0) is 4.79 Å². The fourth-order valence-corrected chi connectivity index (χ4v) is 2.65. The van der Waals surface area contributed by atoms with Crippen LogP contribution in [0.25, 0.3) is 0 Å². The van der Waals surface area contributed by atoms with E-state index < -0.39 is 0 Å². The van der Waals surface area contributed by atoms with Crippen LogP contribution in [0.15, 0.2) is 24.3 Å². The zero-order valence-electron chi connectivity index (χ0n) is 13.4. The molecule has 1 aromatic carbocycles. The molecule has 1 saturated heterocycles. The molecule has 0 saturated carbocycles. The number of halogens is 1. The molecule has 22 heavy (non-hydrogen) atoms. The highest BCUT2D eigenvalue weighted by Gasteiger charge is 2.21. The molecule has 5 heteroatoms. The third kappa shape index (κ3) is 5.85. The Morgan fingerprint density at radius 1 is 1.41 bits per heavy atom. The second kappa shape index (κ2) is 9.70. The van der Waals surface area contributed by atoms with Gasteiger partial charge in [-0.25, -0.2) is 0 Å². The van der Waals surface area contributed by atoms with E-state index in [1.165, 1.54) is 0 Å². The van der Waals surface area contributed by atoms with Crippen LogP contribution in [0.3, 0.4) is 0 Å². The van der Waals surface area contributed by atoms with Crippen molar-refractivity contribution < 1.29 is 9.53 Å². The van der Waals surface area contributed by atoms with Crippen molar-refractivity contribution in [1.29, 1.82) is 0 Å². The van der Waals surface area contributed by atoms with Crippen molar-refractivity contribution in [2.75, 3.05) is 13.2 Å². The molecule has 2 rings (SSSR count). The molecular weight excluding hydrogens is 300 g/mol. The van der Waals surface area contributed by atoms with E-state index >= 15 is 0 Å². The van der Waals surface area contributed by atoms with E-state index in [9.17, 15) is 4.79 Å². The Balaban J connectivity index is 0.00000242. The highest BCUT2D eigenvalue weighted by atomic mass is 35.5. The number of carbonyl (C=O) groups excluding carboxylic acids is 1. The number of hydrogen-bond acceptors (Lipinski definition) is 3. The predicted octanol–water partition coefficient (Wildman–Crippen LogP) is 2.83. The molecule has 1 aliphatic rings. The zero-order valence-corrected chi connectivity index (χ0v) is 14.2. The van der Waals surface area contributed by atoms with Crippen molar-refractivity contribution in [1.82, 2.24) is 10.6 Å². The molecule has 4 nitrogen and oxygen atoms in total. The van der Waals surface area contributed by atoms with Crippen LogP contribution in [0.5, 0.6) is 5.75 Å². The highest BCUT2D eigenvalue weighted by molar-refractivity contribution is 5.85. The number of ether oxygens (including phenoxy) is 1. The maximum atomic E-state index is 11.9. The molecule has 1 fully saturated rings. The normalized spacial score (nSPS) is 20.8. The number of piperidine rings is 1. The molecule has 0 spiro atoms. The van der Waals surface area contributed by atoms with Crippen molar-refractivity contribution in [3.8, 4) is 5.75 Å². The van der Waals surface area contributed by atoms with Gasteiger partial charge in [-0.15, -0.1) is 12.4 Å². The molecule has 2 N–H and O–H groups in total. The summed E-state index contributed by atoms with van der Waals surface area (Å²) in [7, 11) is 0. The van der Waals surface area contributed by atoms with Crippen LogP contribution >= 0.6 is 12.4 Å². The van der Waals surface area contributed by atoms with Crippen LogP contribution in [0.4, 0.5) is 0 Å². The Morgan fingerprint density at radius 2 is 2.18 bits per heavy atom. The van der Waals surface area contributed by atoms with E-state index in [0.717, 1.165) is 37.1 Å². The lowest BCUT2D eigenvalue weighted by Crippen LogP contribution is -2.51. The summed E-state index contributed by atoms with van der Waals surface area (Å²) in [5, 5.41) is 6.51. The lowest BCUT2D eigenvalue weighted by molar-refractivity contribution is -0.122. The number of para-hydroxylation sites is 1. The summed E-state index contributed by atoms with van der Waals surface area (Å²) >= 11 is 0. The molecule has 1 amide bonds. The third-order valence-electron chi connectivity index (χ3n) is 4.01. The molecular formula is C17H27ClN2O2. The van der Waals surface area contributed by atoms with Gasteiger partial charge in [0.2, 0.25) is 5.91 Å². The second-order valence-electron chi connectivity index (χ2n) is 5.78. The fraction of sp³-hybridized carbons (Fsp3) is 0.588. The number of benzene rings is 1. The van der Waals surface area contributed by atoms with E-state index in [1.807, 2.05) is 31.2 Å². The molecule has 2 atom stereocenters. The molecule has 0 bridgehead atoms. The zero-order chi connectivity index (χ0) is 15.1. The van der Waals surface area contributed by atoms with E-state index in [0.29, 0.717) is 19.1 Å². The van der Waals surface area contributed by atoms with Gasteiger partial charge in [-0.3, -0.25) is 4.79 Å². The minimum absolute atomic E-state index is 0. The Labute approximate surface area is 139 Å². The molecule has 1 aromatic rings. The Bertz CT molecular complexity index is 468. The topological polar surface area (TPSA) is 50.4 Å². The summed E-state index contributed by atoms with van der Waals surface area (Å²) in [6.07, 6.45) is 3.47. The minimum atomic E-state index is 0. The van der Waals surface area contributed by atoms with Gasteiger partial charge in [0.25, 0.3) is 0 Å². The van der Waals surface area contributed by atoms with E-state index in [4.69, 9.17) is 4.74 Å². The number of carbonyl (C=O) groups is 1. The van der Waals surface area contributed by atoms with Crippen LogP contribution in [0.2, 0.25) is 0 Å². The Kier molecular flexibility index (Phi) is 8.28. The number of hydrogen-bond donors (Lipinski definition) is 2. The van der Waals surface area contributed by atoms with E-state index in [-0.39, 0.29) is 24.4 Å². The van der Waals surface area contributed by atoms with Crippen molar-refractivity contribution in [2.24, 2.45) is 0 Å². The molecule has 1 aliphatic heterocycles. The van der Waals surface area contributed by atoms with Gasteiger partial charge < -0.3 is 15.4 Å². The molecule has 0 radical (unpaired) electrons. The fourth-order valence-electron chi connectivity index (χ4n) is 2.65. The molecule has 124 valence electrons. The standard InChI is InChI=1S/C17H26N2O2.ClH/c1-13-7-3-4-9-16(13)21-12-6-10-17(20)19-15-8-5-11-18-14(15)2;/h3-4,7,9,14-15,18H,5-6,8,10-12H2,1-2H3,(H,19,20);1H. The van der Waals surface area contributed by atoms with Gasteiger partial charge in [0.1, 0.15) is 5.75 Å². The number of nitrogens with one attached hydrogen (secondary N) is 2. The summed E-state index contributed by atoms with van der Waals surface area (Å²) < 4.78 is 5.71. The van der Waals surface area contributed by atoms with Crippen LogP contribution in [-0.4, -0.2) is 31.1 Å². The average Bonchev–Trinajstić information content (AvgIpc) is 2.48. The summed E-state index contributed by atoms with van der Waals surface area (Å²) in [5.41, 5.74) is 1.13. The maximum absolute atomic E-state index is 11.9. The Hall–Kier alpha value is -1.26. The van der Waals surface area contributed by atoms with Crippen LogP contribution in [0, 0.1) is 6.92 Å². The predicted molar refractivity (Wildman–Crippen MR) is 91.8 cm³/mol. The van der Waals surface area contributed by atoms with Crippen LogP contribution in [0.1, 0.15) is 38.2 Å². The lowest BCUT2D eigenvalue weighted by atomic mass is 10.00. The molecule has 2 unspecified atom stereocenters. The van der Waals surface area contributed by atoms with Gasteiger partial charge in [0, 0.05) is 18.5 Å². The molecule has 1 heterocycles. The summed E-state index contributed by atoms with van der Waals surface area (Å²) in [4.78, 5) is 11.9. The van der Waals surface area contributed by atoms with Crippen molar-refractivity contribution in [2.45, 2.75) is 51.6 Å². The average molecular weight is 327 g/mol. The smallest absolute Gasteiger partial charge is 0.220 e. The van der Waals surface area contributed by atoms with E-state index in [2.05, 4.69) is 17.6 Å². The van der Waals surface area contributed by atoms with Gasteiger partial charge in [0.05, 0.1) is 6.61 Å². The second-order valence-corrected chi connectivity index (χ2v) is 5.78. The van der Waals surface area contributed by atoms with Crippen molar-refractivity contribution in [3.63, 3.8) is 0 Å². The Morgan fingerprint density at radius 3 is 2.91 bits per heavy atom.